The molecule has 6 N–H and O–H groups in total. The highest BCUT2D eigenvalue weighted by Crippen LogP contribution is 2.30. The van der Waals surface area contributed by atoms with Crippen LogP contribution in [0.3, 0.4) is 0 Å². The minimum atomic E-state index is -3.50. The summed E-state index contributed by atoms with van der Waals surface area (Å²) < 4.78 is 24.2. The van der Waals surface area contributed by atoms with E-state index in [9.17, 15) is 13.2 Å². The van der Waals surface area contributed by atoms with E-state index in [1.54, 1.807) is 13.0 Å². The van der Waals surface area contributed by atoms with Gasteiger partial charge in [-0.2, -0.15) is 4.99 Å². The third kappa shape index (κ3) is 4.04. The molecule has 1 saturated heterocycles. The van der Waals surface area contributed by atoms with Gasteiger partial charge in [0.05, 0.1) is 4.90 Å². The van der Waals surface area contributed by atoms with Crippen LogP contribution in [0, 0.1) is 6.92 Å². The number of hydrogen-bond acceptors (Lipinski definition) is 5. The number of nitrogens with two attached hydrogens (primary N) is 3. The second kappa shape index (κ2) is 6.78. The van der Waals surface area contributed by atoms with E-state index in [2.05, 4.69) is 4.99 Å². The predicted octanol–water partition coefficient (Wildman–Crippen LogP) is -0.260. The van der Waals surface area contributed by atoms with E-state index in [-0.39, 0.29) is 22.5 Å². The molecule has 0 saturated carbocycles. The van der Waals surface area contributed by atoms with Crippen molar-refractivity contribution < 1.29 is 13.2 Å². The Morgan fingerprint density at radius 2 is 1.83 bits per heavy atom. The van der Waals surface area contributed by atoms with Gasteiger partial charge in [-0.15, -0.1) is 0 Å². The highest BCUT2D eigenvalue weighted by Gasteiger charge is 2.23. The van der Waals surface area contributed by atoms with Crippen molar-refractivity contribution in [1.29, 1.82) is 0 Å². The predicted molar refractivity (Wildman–Crippen MR) is 93.9 cm³/mol. The topological polar surface area (TPSA) is 145 Å². The van der Waals surface area contributed by atoms with E-state index in [0.717, 1.165) is 19.1 Å². The number of nitrogens with zero attached hydrogens (tertiary/aromatic N) is 2. The first-order valence-corrected chi connectivity index (χ1v) is 9.48. The Hall–Kier alpha value is -2.13. The lowest BCUT2D eigenvalue weighted by Crippen LogP contribution is -2.40. The van der Waals surface area contributed by atoms with Crippen molar-refractivity contribution in [3.8, 4) is 0 Å². The Bertz CT molecular complexity index is 777. The molecular weight excluding hydrogens is 330 g/mol. The molecule has 1 aliphatic rings. The number of piperidine rings is 1. The number of rotatable bonds is 3. The van der Waals surface area contributed by atoms with Gasteiger partial charge < -0.3 is 22.1 Å². The first-order valence-electron chi connectivity index (χ1n) is 7.58. The van der Waals surface area contributed by atoms with Gasteiger partial charge in [0, 0.05) is 36.6 Å². The van der Waals surface area contributed by atoms with E-state index in [1.807, 2.05) is 4.90 Å². The summed E-state index contributed by atoms with van der Waals surface area (Å²) >= 11 is 0. The number of amides is 1. The molecule has 0 spiro atoms. The van der Waals surface area contributed by atoms with Gasteiger partial charge in [0.15, 0.2) is 15.8 Å². The van der Waals surface area contributed by atoms with Crippen LogP contribution in [-0.2, 0) is 9.84 Å². The SMILES string of the molecule is Cc1c(N2CCC(N)CC2)cc(C(=O)N=C(N)N)cc1S(C)(=O)=O. The van der Waals surface area contributed by atoms with Crippen LogP contribution in [0.5, 0.6) is 0 Å². The summed E-state index contributed by atoms with van der Waals surface area (Å²) in [4.78, 5) is 17.8. The molecule has 0 unspecified atom stereocenters. The number of guanidine groups is 1. The maximum atomic E-state index is 12.2. The van der Waals surface area contributed by atoms with Crippen molar-refractivity contribution in [2.24, 2.45) is 22.2 Å². The fourth-order valence-electron chi connectivity index (χ4n) is 2.83. The van der Waals surface area contributed by atoms with Crippen LogP contribution in [0.1, 0.15) is 28.8 Å². The summed E-state index contributed by atoms with van der Waals surface area (Å²) in [5.41, 5.74) is 17.9. The largest absolute Gasteiger partial charge is 0.371 e. The van der Waals surface area contributed by atoms with Gasteiger partial charge in [-0.3, -0.25) is 4.79 Å². The van der Waals surface area contributed by atoms with E-state index < -0.39 is 15.7 Å². The molecule has 1 aromatic rings. The third-order valence-electron chi connectivity index (χ3n) is 4.09. The molecule has 1 aliphatic heterocycles. The number of benzene rings is 1. The fourth-order valence-corrected chi connectivity index (χ4v) is 3.83. The van der Waals surface area contributed by atoms with Gasteiger partial charge in [0.1, 0.15) is 0 Å². The highest BCUT2D eigenvalue weighted by atomic mass is 32.2. The third-order valence-corrected chi connectivity index (χ3v) is 5.31. The molecule has 0 atom stereocenters. The van der Waals surface area contributed by atoms with Gasteiger partial charge in [0.25, 0.3) is 5.91 Å². The van der Waals surface area contributed by atoms with E-state index in [0.29, 0.717) is 24.3 Å². The zero-order valence-electron chi connectivity index (χ0n) is 13.8. The Morgan fingerprint density at radius 1 is 1.25 bits per heavy atom. The Morgan fingerprint density at radius 3 is 2.33 bits per heavy atom. The zero-order valence-corrected chi connectivity index (χ0v) is 14.6. The van der Waals surface area contributed by atoms with Crippen LogP contribution in [0.15, 0.2) is 22.0 Å². The monoisotopic (exact) mass is 353 g/mol. The first kappa shape index (κ1) is 18.2. The second-order valence-corrected chi connectivity index (χ2v) is 8.04. The Labute approximate surface area is 141 Å². The molecule has 1 heterocycles. The van der Waals surface area contributed by atoms with Gasteiger partial charge in [-0.1, -0.05) is 0 Å². The summed E-state index contributed by atoms with van der Waals surface area (Å²) in [5.74, 6) is -1.04. The maximum absolute atomic E-state index is 12.2. The van der Waals surface area contributed by atoms with Crippen LogP contribution in [0.4, 0.5) is 5.69 Å². The summed E-state index contributed by atoms with van der Waals surface area (Å²) in [6.45, 7) is 3.13. The van der Waals surface area contributed by atoms with E-state index in [1.165, 1.54) is 6.07 Å². The summed E-state index contributed by atoms with van der Waals surface area (Å²) in [6.07, 6.45) is 2.72. The molecule has 1 fully saturated rings. The standard InChI is InChI=1S/C15H23N5O3S/c1-9-12(20-5-3-11(16)4-6-20)7-10(14(21)19-15(17)18)8-13(9)24(2,22)23/h7-8,11H,3-6,16H2,1-2H3,(H4,17,18,19,21). The number of carbonyl (C=O) groups is 1. The smallest absolute Gasteiger partial charge is 0.280 e. The van der Waals surface area contributed by atoms with Crippen molar-refractivity contribution in [2.75, 3.05) is 24.2 Å². The molecule has 2 rings (SSSR count). The second-order valence-electron chi connectivity index (χ2n) is 6.06. The van der Waals surface area contributed by atoms with Crippen molar-refractivity contribution in [2.45, 2.75) is 30.7 Å². The first-order chi connectivity index (χ1) is 11.1. The summed E-state index contributed by atoms with van der Waals surface area (Å²) in [7, 11) is -3.50. The summed E-state index contributed by atoms with van der Waals surface area (Å²) in [5, 5.41) is 0. The lowest BCUT2D eigenvalue weighted by Gasteiger charge is -2.33. The van der Waals surface area contributed by atoms with Gasteiger partial charge in [-0.05, 0) is 37.5 Å². The summed E-state index contributed by atoms with van der Waals surface area (Å²) in [6, 6.07) is 3.09. The lowest BCUT2D eigenvalue weighted by molar-refractivity contribution is 0.100. The number of sulfone groups is 1. The lowest BCUT2D eigenvalue weighted by atomic mass is 10.0. The average molecular weight is 353 g/mol. The fraction of sp³-hybridized carbons (Fsp3) is 0.467. The average Bonchev–Trinajstić information content (AvgIpc) is 2.46. The Balaban J connectivity index is 2.57. The Kier molecular flexibility index (Phi) is 5.14. The zero-order chi connectivity index (χ0) is 18.1. The highest BCUT2D eigenvalue weighted by molar-refractivity contribution is 7.90. The van der Waals surface area contributed by atoms with Crippen LogP contribution in [-0.4, -0.2) is 45.7 Å². The van der Waals surface area contributed by atoms with Crippen molar-refractivity contribution >= 4 is 27.4 Å². The van der Waals surface area contributed by atoms with Gasteiger partial charge in [0.2, 0.25) is 0 Å². The molecule has 1 amide bonds. The normalized spacial score (nSPS) is 16.0. The molecular formula is C15H23N5O3S. The van der Waals surface area contributed by atoms with Crippen LogP contribution in [0.2, 0.25) is 0 Å². The minimum Gasteiger partial charge on any atom is -0.371 e. The molecule has 8 nitrogen and oxygen atoms in total. The van der Waals surface area contributed by atoms with E-state index >= 15 is 0 Å². The number of carbonyl (C=O) groups excluding carboxylic acids is 1. The molecule has 0 aliphatic carbocycles. The maximum Gasteiger partial charge on any atom is 0.280 e. The van der Waals surface area contributed by atoms with Gasteiger partial charge in [-0.25, -0.2) is 8.42 Å². The van der Waals surface area contributed by atoms with Crippen LogP contribution >= 0.6 is 0 Å². The quantitative estimate of drug-likeness (QED) is 0.501. The van der Waals surface area contributed by atoms with Crippen molar-refractivity contribution in [3.05, 3.63) is 23.3 Å². The molecule has 132 valence electrons. The number of hydrogen-bond donors (Lipinski definition) is 3. The number of aliphatic imine (C=N–C) groups is 1. The molecule has 9 heteroatoms. The van der Waals surface area contributed by atoms with Crippen LogP contribution in [0.25, 0.3) is 0 Å². The molecule has 0 bridgehead atoms. The van der Waals surface area contributed by atoms with Crippen molar-refractivity contribution in [1.82, 2.24) is 0 Å². The van der Waals surface area contributed by atoms with Gasteiger partial charge >= 0.3 is 0 Å². The minimum absolute atomic E-state index is 0.101. The van der Waals surface area contributed by atoms with Crippen molar-refractivity contribution in [3.63, 3.8) is 0 Å². The van der Waals surface area contributed by atoms with E-state index in [4.69, 9.17) is 17.2 Å². The number of anilines is 1. The molecule has 0 aromatic heterocycles. The molecule has 0 radical (unpaired) electrons. The molecule has 1 aromatic carbocycles. The molecule has 24 heavy (non-hydrogen) atoms. The van der Waals surface area contributed by atoms with Crippen LogP contribution < -0.4 is 22.1 Å².